The number of nitrogens with two attached hydrogens (primary N) is 1. The zero-order valence-corrected chi connectivity index (χ0v) is 10.7. The van der Waals surface area contributed by atoms with Gasteiger partial charge in [0.05, 0.1) is 11.9 Å². The van der Waals surface area contributed by atoms with Crippen molar-refractivity contribution in [2.24, 2.45) is 4.99 Å². The van der Waals surface area contributed by atoms with Crippen LogP contribution in [0.4, 0.5) is 11.4 Å². The van der Waals surface area contributed by atoms with Crippen LogP contribution in [0.3, 0.4) is 0 Å². The van der Waals surface area contributed by atoms with Crippen molar-refractivity contribution in [3.63, 3.8) is 0 Å². The standard InChI is InChI=1S/C15H14N2.ClH/c1-13(17-15-10-6-3-7-11-15)12-16-14-8-4-2-5-9-14;/h2-12,17H,1H2;1H. The van der Waals surface area contributed by atoms with Gasteiger partial charge in [0.15, 0.2) is 0 Å². The molecular formula is C15H15ClN2. The van der Waals surface area contributed by atoms with Crippen LogP contribution in [0, 0.1) is 0 Å². The Kier molecular flexibility index (Phi) is 5.85. The van der Waals surface area contributed by atoms with Gasteiger partial charge in [-0.05, 0) is 30.8 Å². The van der Waals surface area contributed by atoms with E-state index in [1.54, 1.807) is 6.21 Å². The molecule has 0 spiro atoms. The van der Waals surface area contributed by atoms with E-state index in [0.29, 0.717) is 0 Å². The normalized spacial score (nSPS) is 10.0. The smallest absolute Gasteiger partial charge is 0.145 e. The summed E-state index contributed by atoms with van der Waals surface area (Å²) in [7, 11) is 0. The van der Waals surface area contributed by atoms with E-state index in [1.165, 1.54) is 0 Å². The summed E-state index contributed by atoms with van der Waals surface area (Å²) in [6.07, 6.45) is 1.78. The lowest BCUT2D eigenvalue weighted by molar-refractivity contribution is -0.507. The maximum absolute atomic E-state index is 4.35. The van der Waals surface area contributed by atoms with Gasteiger partial charge in [-0.15, -0.1) is 0 Å². The SMILES string of the molecule is C=C(C=Nc1ccccc1)[NH2+]c1ccccc1.[Cl-]. The van der Waals surface area contributed by atoms with Crippen LogP contribution in [0.5, 0.6) is 0 Å². The summed E-state index contributed by atoms with van der Waals surface area (Å²) in [5.74, 6) is 0. The molecule has 0 unspecified atom stereocenters. The average Bonchev–Trinajstić information content (AvgIpc) is 2.39. The van der Waals surface area contributed by atoms with Gasteiger partial charge < -0.3 is 12.4 Å². The lowest BCUT2D eigenvalue weighted by atomic mass is 10.3. The Morgan fingerprint density at radius 1 is 0.944 bits per heavy atom. The van der Waals surface area contributed by atoms with Gasteiger partial charge in [0.2, 0.25) is 0 Å². The fraction of sp³-hybridized carbons (Fsp3) is 0. The lowest BCUT2D eigenvalue weighted by Crippen LogP contribution is -3.00. The van der Waals surface area contributed by atoms with Crippen LogP contribution < -0.4 is 17.7 Å². The summed E-state index contributed by atoms with van der Waals surface area (Å²) in [6, 6.07) is 19.9. The van der Waals surface area contributed by atoms with Crippen LogP contribution in [0.25, 0.3) is 0 Å². The number of rotatable bonds is 4. The highest BCUT2D eigenvalue weighted by Gasteiger charge is 1.97. The highest BCUT2D eigenvalue weighted by atomic mass is 35.5. The molecule has 0 saturated carbocycles. The molecule has 0 aliphatic rings. The molecule has 2 N–H and O–H groups in total. The number of nitrogens with zero attached hydrogens (tertiary/aromatic N) is 1. The van der Waals surface area contributed by atoms with E-state index >= 15 is 0 Å². The summed E-state index contributed by atoms with van der Waals surface area (Å²) >= 11 is 0. The molecule has 0 amide bonds. The van der Waals surface area contributed by atoms with Crippen molar-refractivity contribution in [1.82, 2.24) is 0 Å². The zero-order valence-electron chi connectivity index (χ0n) is 9.96. The molecule has 0 aromatic heterocycles. The minimum Gasteiger partial charge on any atom is -1.00 e. The van der Waals surface area contributed by atoms with Crippen molar-refractivity contribution in [3.8, 4) is 0 Å². The van der Waals surface area contributed by atoms with Gasteiger partial charge >= 0.3 is 0 Å². The summed E-state index contributed by atoms with van der Waals surface area (Å²) in [6.45, 7) is 3.96. The Morgan fingerprint density at radius 2 is 1.50 bits per heavy atom. The minimum atomic E-state index is 0. The Hall–Kier alpha value is -1.90. The quantitative estimate of drug-likeness (QED) is 0.582. The van der Waals surface area contributed by atoms with Crippen molar-refractivity contribution >= 4 is 17.6 Å². The molecule has 3 heteroatoms. The minimum absolute atomic E-state index is 0. The molecule has 2 nitrogen and oxygen atoms in total. The molecule has 0 heterocycles. The number of hydrogen-bond acceptors (Lipinski definition) is 1. The van der Waals surface area contributed by atoms with Crippen LogP contribution in [0.2, 0.25) is 0 Å². The number of aliphatic imine (C=N–C) groups is 1. The van der Waals surface area contributed by atoms with Crippen LogP contribution in [0.1, 0.15) is 0 Å². The number of quaternary nitrogens is 1. The number of halogens is 1. The van der Waals surface area contributed by atoms with Crippen molar-refractivity contribution < 1.29 is 17.7 Å². The van der Waals surface area contributed by atoms with Crippen LogP contribution in [-0.4, -0.2) is 6.21 Å². The second-order valence-corrected chi connectivity index (χ2v) is 3.72. The first-order valence-electron chi connectivity index (χ1n) is 5.52. The third-order valence-electron chi connectivity index (χ3n) is 2.29. The van der Waals surface area contributed by atoms with E-state index in [2.05, 4.69) is 11.6 Å². The van der Waals surface area contributed by atoms with E-state index in [1.807, 2.05) is 66.0 Å². The van der Waals surface area contributed by atoms with Gasteiger partial charge in [0, 0.05) is 0 Å². The average molecular weight is 259 g/mol. The Morgan fingerprint density at radius 3 is 2.11 bits per heavy atom. The van der Waals surface area contributed by atoms with Gasteiger partial charge in [-0.2, -0.15) is 0 Å². The second kappa shape index (κ2) is 7.43. The third kappa shape index (κ3) is 4.53. The van der Waals surface area contributed by atoms with Gasteiger partial charge in [-0.25, -0.2) is 0 Å². The first-order valence-corrected chi connectivity index (χ1v) is 5.52. The summed E-state index contributed by atoms with van der Waals surface area (Å²) in [4.78, 5) is 4.35. The number of allylic oxidation sites excluding steroid dienone is 1. The molecule has 0 fully saturated rings. The van der Waals surface area contributed by atoms with Crippen molar-refractivity contribution in [2.75, 3.05) is 0 Å². The fourth-order valence-corrected chi connectivity index (χ4v) is 1.47. The Bertz CT molecular complexity index is 507. The molecular weight excluding hydrogens is 244 g/mol. The monoisotopic (exact) mass is 258 g/mol. The fourth-order valence-electron chi connectivity index (χ4n) is 1.47. The van der Waals surface area contributed by atoms with Gasteiger partial charge in [-0.3, -0.25) is 10.3 Å². The maximum Gasteiger partial charge on any atom is 0.145 e. The predicted molar refractivity (Wildman–Crippen MR) is 71.8 cm³/mol. The molecule has 0 atom stereocenters. The molecule has 92 valence electrons. The van der Waals surface area contributed by atoms with E-state index in [9.17, 15) is 0 Å². The number of hydrogen-bond donors (Lipinski definition) is 1. The second-order valence-electron chi connectivity index (χ2n) is 3.72. The van der Waals surface area contributed by atoms with E-state index in [4.69, 9.17) is 0 Å². The first kappa shape index (κ1) is 14.2. The summed E-state index contributed by atoms with van der Waals surface area (Å²) < 4.78 is 0. The highest BCUT2D eigenvalue weighted by Crippen LogP contribution is 2.08. The first-order chi connectivity index (χ1) is 8.34. The van der Waals surface area contributed by atoms with E-state index < -0.39 is 0 Å². The maximum atomic E-state index is 4.35. The van der Waals surface area contributed by atoms with Crippen LogP contribution >= 0.6 is 0 Å². The molecule has 18 heavy (non-hydrogen) atoms. The van der Waals surface area contributed by atoms with Crippen molar-refractivity contribution in [1.29, 1.82) is 0 Å². The molecule has 0 aliphatic carbocycles. The summed E-state index contributed by atoms with van der Waals surface area (Å²) in [5, 5.41) is 2.01. The molecule has 0 radical (unpaired) electrons. The Balaban J connectivity index is 0.00000162. The van der Waals surface area contributed by atoms with Crippen molar-refractivity contribution in [2.45, 2.75) is 0 Å². The largest absolute Gasteiger partial charge is 1.00 e. The van der Waals surface area contributed by atoms with Crippen LogP contribution in [0.15, 0.2) is 77.9 Å². The summed E-state index contributed by atoms with van der Waals surface area (Å²) in [5.41, 5.74) is 2.96. The van der Waals surface area contributed by atoms with Crippen molar-refractivity contribution in [3.05, 3.63) is 72.9 Å². The highest BCUT2D eigenvalue weighted by molar-refractivity contribution is 5.77. The molecule has 0 aliphatic heterocycles. The molecule has 2 rings (SSSR count). The molecule has 2 aromatic rings. The zero-order chi connectivity index (χ0) is 11.9. The molecule has 0 saturated heterocycles. The lowest BCUT2D eigenvalue weighted by Gasteiger charge is -1.98. The van der Waals surface area contributed by atoms with E-state index in [0.717, 1.165) is 17.1 Å². The topological polar surface area (TPSA) is 29.0 Å². The number of benzene rings is 2. The van der Waals surface area contributed by atoms with Gasteiger partial charge in [0.25, 0.3) is 0 Å². The molecule has 2 aromatic carbocycles. The molecule has 0 bridgehead atoms. The van der Waals surface area contributed by atoms with E-state index in [-0.39, 0.29) is 12.4 Å². The third-order valence-corrected chi connectivity index (χ3v) is 2.29. The Labute approximate surface area is 113 Å². The van der Waals surface area contributed by atoms with Crippen LogP contribution in [-0.2, 0) is 0 Å². The van der Waals surface area contributed by atoms with Gasteiger partial charge in [0.1, 0.15) is 11.4 Å². The predicted octanol–water partition coefficient (Wildman–Crippen LogP) is -0.198. The van der Waals surface area contributed by atoms with Gasteiger partial charge in [-0.1, -0.05) is 36.4 Å². The number of para-hydroxylation sites is 2.